The molecule has 12 heteroatoms. The summed E-state index contributed by atoms with van der Waals surface area (Å²) in [5.74, 6) is 0.747. The highest BCUT2D eigenvalue weighted by Crippen LogP contribution is 2.39. The average Bonchev–Trinajstić information content (AvgIpc) is 3.57. The third-order valence-corrected chi connectivity index (χ3v) is 9.97. The monoisotopic (exact) mass is 651 g/mol. The topological polar surface area (TPSA) is 81.5 Å². The van der Waals surface area contributed by atoms with Gasteiger partial charge in [0.1, 0.15) is 18.2 Å². The fourth-order valence-electron chi connectivity index (χ4n) is 5.37. The number of ether oxygens (including phenoxy) is 2. The first-order valence-electron chi connectivity index (χ1n) is 15.2. The van der Waals surface area contributed by atoms with Crippen molar-refractivity contribution in [3.63, 3.8) is 0 Å². The Morgan fingerprint density at radius 1 is 1.04 bits per heavy atom. The second kappa shape index (κ2) is 13.3. The number of benzene rings is 2. The van der Waals surface area contributed by atoms with Gasteiger partial charge in [0.05, 0.1) is 35.2 Å². The molecule has 46 heavy (non-hydrogen) atoms. The first-order chi connectivity index (χ1) is 21.8. The van der Waals surface area contributed by atoms with Crippen LogP contribution >= 0.6 is 0 Å². The van der Waals surface area contributed by atoms with Crippen LogP contribution in [0.4, 0.5) is 24.5 Å². The molecule has 1 atom stereocenters. The summed E-state index contributed by atoms with van der Waals surface area (Å²) < 4.78 is 52.5. The molecule has 8 nitrogen and oxygen atoms in total. The van der Waals surface area contributed by atoms with Crippen molar-refractivity contribution in [3.8, 4) is 17.1 Å². The summed E-state index contributed by atoms with van der Waals surface area (Å²) in [6, 6.07) is 19.0. The average molecular weight is 652 g/mol. The molecule has 1 saturated heterocycles. The van der Waals surface area contributed by atoms with E-state index in [2.05, 4.69) is 29.9 Å². The summed E-state index contributed by atoms with van der Waals surface area (Å²) >= 11 is 0. The zero-order valence-corrected chi connectivity index (χ0v) is 27.8. The lowest BCUT2D eigenvalue weighted by molar-refractivity contribution is -0.137. The molecule has 1 aliphatic heterocycles. The van der Waals surface area contributed by atoms with Crippen molar-refractivity contribution in [2.45, 2.75) is 63.9 Å². The molecule has 1 fully saturated rings. The minimum Gasteiger partial charge on any atom is -0.497 e. The number of aromatic nitrogens is 3. The molecule has 1 aliphatic rings. The minimum atomic E-state index is -4.42. The van der Waals surface area contributed by atoms with Gasteiger partial charge in [0.25, 0.3) is 0 Å². The number of likely N-dealkylation sites (tertiary alicyclic amines) is 1. The number of methoxy groups -OCH3 is 1. The van der Waals surface area contributed by atoms with E-state index in [0.29, 0.717) is 54.6 Å². The first-order valence-corrected chi connectivity index (χ1v) is 19.0. The van der Waals surface area contributed by atoms with Crippen molar-refractivity contribution in [2.75, 3.05) is 25.6 Å². The van der Waals surface area contributed by atoms with Gasteiger partial charge in [-0.25, -0.2) is 4.68 Å². The summed E-state index contributed by atoms with van der Waals surface area (Å²) in [7, 11) is 0.291. The molecule has 4 aromatic rings. The number of rotatable bonds is 12. The zero-order valence-electron chi connectivity index (χ0n) is 26.8. The Morgan fingerprint density at radius 3 is 2.41 bits per heavy atom. The highest BCUT2D eigenvalue weighted by Gasteiger charge is 2.46. The lowest BCUT2D eigenvalue weighted by Crippen LogP contribution is -2.35. The van der Waals surface area contributed by atoms with Crippen molar-refractivity contribution in [1.82, 2.24) is 19.7 Å². The number of nitrogens with one attached hydrogen (secondary N) is 1. The van der Waals surface area contributed by atoms with Crippen LogP contribution in [0.2, 0.25) is 25.7 Å². The number of halogens is 3. The number of hydrogen-bond donors (Lipinski definition) is 1. The molecule has 5 rings (SSSR count). The predicted molar refractivity (Wildman–Crippen MR) is 175 cm³/mol. The van der Waals surface area contributed by atoms with Crippen LogP contribution < -0.4 is 10.1 Å². The van der Waals surface area contributed by atoms with E-state index in [9.17, 15) is 18.0 Å². The highest BCUT2D eigenvalue weighted by molar-refractivity contribution is 6.76. The number of amides is 1. The molecule has 1 N–H and O–H groups in total. The minimum absolute atomic E-state index is 0.0108. The van der Waals surface area contributed by atoms with Crippen LogP contribution in [-0.4, -0.2) is 53.9 Å². The van der Waals surface area contributed by atoms with Gasteiger partial charge < -0.3 is 19.7 Å². The van der Waals surface area contributed by atoms with E-state index in [1.165, 1.54) is 12.1 Å². The number of pyridine rings is 1. The van der Waals surface area contributed by atoms with E-state index in [1.54, 1.807) is 24.1 Å². The fraction of sp³-hybridized carbons (Fsp3) is 0.382. The van der Waals surface area contributed by atoms with Crippen LogP contribution in [0.15, 0.2) is 72.9 Å². The zero-order chi connectivity index (χ0) is 33.1. The molecule has 0 radical (unpaired) electrons. The number of carbonyl (C=O) groups excluding carboxylic acids is 1. The fourth-order valence-corrected chi connectivity index (χ4v) is 6.13. The molecule has 0 saturated carbocycles. The number of alkyl halides is 3. The molecule has 3 heterocycles. The summed E-state index contributed by atoms with van der Waals surface area (Å²) in [4.78, 5) is 20.4. The Hall–Kier alpha value is -4.16. The largest absolute Gasteiger partial charge is 0.497 e. The van der Waals surface area contributed by atoms with Gasteiger partial charge in [-0.2, -0.15) is 18.3 Å². The van der Waals surface area contributed by atoms with Gasteiger partial charge in [-0.1, -0.05) is 31.8 Å². The molecule has 2 aromatic carbocycles. The number of anilines is 2. The van der Waals surface area contributed by atoms with Gasteiger partial charge in [0.2, 0.25) is 5.91 Å². The van der Waals surface area contributed by atoms with Crippen molar-refractivity contribution in [3.05, 3.63) is 89.7 Å². The van der Waals surface area contributed by atoms with Crippen LogP contribution in [0.3, 0.4) is 0 Å². The number of hydrogen-bond acceptors (Lipinski definition) is 6. The van der Waals surface area contributed by atoms with E-state index in [-0.39, 0.29) is 12.6 Å². The predicted octanol–water partition coefficient (Wildman–Crippen LogP) is 7.72. The Kier molecular flexibility index (Phi) is 9.59. The number of carbonyl (C=O) groups is 1. The first kappa shape index (κ1) is 33.2. The summed E-state index contributed by atoms with van der Waals surface area (Å²) in [5, 5.41) is 8.14. The molecule has 0 bridgehead atoms. The SMILES string of the molecule is COc1ccc(CN2CCC(C)(c3cc(-c4ncccc4Nc4ccc(C(F)(F)F)cc4)n(COCC[Si](C)(C)C)n3)C2=O)cc1. The Labute approximate surface area is 268 Å². The maximum absolute atomic E-state index is 13.9. The molecule has 1 amide bonds. The van der Waals surface area contributed by atoms with Gasteiger partial charge in [-0.3, -0.25) is 9.78 Å². The molecular formula is C34H40F3N5O3Si. The Balaban J connectivity index is 1.44. The third kappa shape index (κ3) is 7.61. The molecular weight excluding hydrogens is 611 g/mol. The maximum Gasteiger partial charge on any atom is 0.416 e. The molecule has 0 spiro atoms. The van der Waals surface area contributed by atoms with Crippen molar-refractivity contribution in [2.24, 2.45) is 0 Å². The van der Waals surface area contributed by atoms with Crippen LogP contribution in [0.5, 0.6) is 5.75 Å². The highest BCUT2D eigenvalue weighted by atomic mass is 28.3. The van der Waals surface area contributed by atoms with E-state index in [0.717, 1.165) is 29.5 Å². The maximum atomic E-state index is 13.9. The standard InChI is InChI=1S/C34H40F3N5O3Si/c1-33(16-18-41(32(33)43)22-24-8-14-27(44-2)15-9-24)30-21-29(42(40-30)23-45-19-20-46(3,4)5)31-28(7-6-17-38-31)39-26-12-10-25(11-13-26)34(35,36)37/h6-15,17,21,39H,16,18-20,22-23H2,1-5H3. The van der Waals surface area contributed by atoms with E-state index < -0.39 is 25.2 Å². The van der Waals surface area contributed by atoms with Crippen molar-refractivity contribution >= 4 is 25.4 Å². The lowest BCUT2D eigenvalue weighted by Gasteiger charge is -2.22. The van der Waals surface area contributed by atoms with Crippen LogP contribution in [0, 0.1) is 0 Å². The smallest absolute Gasteiger partial charge is 0.416 e. The van der Waals surface area contributed by atoms with Gasteiger partial charge in [-0.15, -0.1) is 0 Å². The molecule has 244 valence electrons. The summed E-state index contributed by atoms with van der Waals surface area (Å²) in [6.45, 7) is 10.6. The molecule has 0 aliphatic carbocycles. The summed E-state index contributed by atoms with van der Waals surface area (Å²) in [5.41, 5.74) is 2.28. The van der Waals surface area contributed by atoms with E-state index in [4.69, 9.17) is 14.6 Å². The number of nitrogens with zero attached hydrogens (tertiary/aromatic N) is 4. The molecule has 2 aromatic heterocycles. The van der Waals surface area contributed by atoms with Crippen molar-refractivity contribution < 1.29 is 27.4 Å². The third-order valence-electron chi connectivity index (χ3n) is 8.27. The second-order valence-corrected chi connectivity index (χ2v) is 18.6. The quantitative estimate of drug-likeness (QED) is 0.125. The van der Waals surface area contributed by atoms with E-state index >= 15 is 0 Å². The lowest BCUT2D eigenvalue weighted by atomic mass is 9.85. The van der Waals surface area contributed by atoms with Gasteiger partial charge in [-0.05, 0) is 79.5 Å². The Bertz CT molecular complexity index is 1650. The summed E-state index contributed by atoms with van der Waals surface area (Å²) in [6.07, 6.45) is -2.18. The molecule has 1 unspecified atom stereocenters. The van der Waals surface area contributed by atoms with Crippen LogP contribution in [0.25, 0.3) is 11.4 Å². The van der Waals surface area contributed by atoms with E-state index in [1.807, 2.05) is 48.2 Å². The van der Waals surface area contributed by atoms with Crippen molar-refractivity contribution in [1.29, 1.82) is 0 Å². The van der Waals surface area contributed by atoms with Gasteiger partial charge in [0.15, 0.2) is 0 Å². The van der Waals surface area contributed by atoms with Crippen LogP contribution in [0.1, 0.15) is 30.2 Å². The van der Waals surface area contributed by atoms with Gasteiger partial charge >= 0.3 is 6.18 Å². The van der Waals surface area contributed by atoms with Crippen LogP contribution in [-0.2, 0) is 34.4 Å². The normalized spacial score (nSPS) is 17.0. The van der Waals surface area contributed by atoms with Gasteiger partial charge in [0, 0.05) is 39.7 Å². The Morgan fingerprint density at radius 2 is 1.76 bits per heavy atom. The second-order valence-electron chi connectivity index (χ2n) is 13.0.